The first-order valence-electron chi connectivity index (χ1n) is 6.66. The minimum atomic E-state index is -1.14. The van der Waals surface area contributed by atoms with Gasteiger partial charge in [0.1, 0.15) is 17.7 Å². The third-order valence-electron chi connectivity index (χ3n) is 4.15. The first kappa shape index (κ1) is 14.4. The van der Waals surface area contributed by atoms with E-state index in [1.807, 2.05) is 0 Å². The first-order chi connectivity index (χ1) is 8.98. The molecule has 3 atom stereocenters. The summed E-state index contributed by atoms with van der Waals surface area (Å²) < 4.78 is 32.6. The maximum atomic E-state index is 13.8. The highest BCUT2D eigenvalue weighted by Gasteiger charge is 2.43. The average molecular weight is 270 g/mol. The molecule has 0 aliphatic heterocycles. The molecule has 106 valence electrons. The number of benzene rings is 1. The van der Waals surface area contributed by atoms with Crippen molar-refractivity contribution in [2.75, 3.05) is 7.11 Å². The fourth-order valence-electron chi connectivity index (χ4n) is 3.10. The molecule has 1 fully saturated rings. The van der Waals surface area contributed by atoms with Crippen molar-refractivity contribution in [1.29, 1.82) is 0 Å². The fourth-order valence-corrected chi connectivity index (χ4v) is 3.10. The van der Waals surface area contributed by atoms with Crippen LogP contribution in [-0.2, 0) is 4.74 Å². The molecule has 0 bridgehead atoms. The lowest BCUT2D eigenvalue weighted by molar-refractivity contribution is -0.135. The molecule has 3 unspecified atom stereocenters. The number of hydrogen-bond acceptors (Lipinski definition) is 2. The van der Waals surface area contributed by atoms with Crippen LogP contribution in [0.1, 0.15) is 44.3 Å². The van der Waals surface area contributed by atoms with Crippen molar-refractivity contribution in [3.8, 4) is 0 Å². The van der Waals surface area contributed by atoms with Gasteiger partial charge in [-0.25, -0.2) is 8.78 Å². The predicted octanol–water partition coefficient (Wildman–Crippen LogP) is 3.59. The zero-order valence-electron chi connectivity index (χ0n) is 11.3. The van der Waals surface area contributed by atoms with E-state index in [2.05, 4.69) is 6.92 Å². The maximum Gasteiger partial charge on any atom is 0.129 e. The maximum absolute atomic E-state index is 13.8. The smallest absolute Gasteiger partial charge is 0.129 e. The molecule has 2 nitrogen and oxygen atoms in total. The second-order valence-corrected chi connectivity index (χ2v) is 5.54. The van der Waals surface area contributed by atoms with E-state index in [9.17, 15) is 13.9 Å². The Kier molecular flexibility index (Phi) is 4.21. The molecule has 1 aromatic rings. The van der Waals surface area contributed by atoms with Crippen molar-refractivity contribution in [2.45, 2.75) is 44.3 Å². The van der Waals surface area contributed by atoms with Crippen LogP contribution in [0, 0.1) is 17.6 Å². The van der Waals surface area contributed by atoms with Crippen LogP contribution in [0.25, 0.3) is 0 Å². The van der Waals surface area contributed by atoms with E-state index in [0.29, 0.717) is 18.8 Å². The quantitative estimate of drug-likeness (QED) is 0.909. The van der Waals surface area contributed by atoms with E-state index in [1.54, 1.807) is 0 Å². The van der Waals surface area contributed by atoms with Gasteiger partial charge >= 0.3 is 0 Å². The summed E-state index contributed by atoms with van der Waals surface area (Å²) in [6.45, 7) is 2.08. The largest absolute Gasteiger partial charge is 0.385 e. The van der Waals surface area contributed by atoms with Gasteiger partial charge < -0.3 is 9.84 Å². The van der Waals surface area contributed by atoms with E-state index in [4.69, 9.17) is 4.74 Å². The van der Waals surface area contributed by atoms with Crippen molar-refractivity contribution in [1.82, 2.24) is 0 Å². The van der Waals surface area contributed by atoms with Crippen LogP contribution < -0.4 is 0 Å². The molecule has 1 aliphatic rings. The van der Waals surface area contributed by atoms with Gasteiger partial charge in [-0.05, 0) is 37.0 Å². The van der Waals surface area contributed by atoms with Crippen LogP contribution in [0.5, 0.6) is 0 Å². The van der Waals surface area contributed by atoms with Gasteiger partial charge in [0, 0.05) is 12.7 Å². The van der Waals surface area contributed by atoms with Crippen LogP contribution in [0.4, 0.5) is 8.78 Å². The minimum absolute atomic E-state index is 0.0176. The fraction of sp³-hybridized carbons (Fsp3) is 0.600. The lowest BCUT2D eigenvalue weighted by Crippen LogP contribution is -2.43. The summed E-state index contributed by atoms with van der Waals surface area (Å²) in [7, 11) is 1.53. The molecule has 0 aromatic heterocycles. The third-order valence-corrected chi connectivity index (χ3v) is 4.15. The van der Waals surface area contributed by atoms with Crippen LogP contribution in [0.3, 0.4) is 0 Å². The van der Waals surface area contributed by atoms with Gasteiger partial charge in [0.25, 0.3) is 0 Å². The Morgan fingerprint density at radius 2 is 2.16 bits per heavy atom. The molecule has 1 saturated carbocycles. The van der Waals surface area contributed by atoms with Crippen molar-refractivity contribution in [3.05, 3.63) is 35.4 Å². The Hall–Kier alpha value is -1.00. The van der Waals surface area contributed by atoms with Crippen LogP contribution >= 0.6 is 0 Å². The lowest BCUT2D eigenvalue weighted by atomic mass is 9.74. The Morgan fingerprint density at radius 1 is 1.42 bits per heavy atom. The summed E-state index contributed by atoms with van der Waals surface area (Å²) in [4.78, 5) is 0. The van der Waals surface area contributed by atoms with Crippen LogP contribution in [0.15, 0.2) is 18.2 Å². The van der Waals surface area contributed by atoms with Gasteiger partial charge in [0.15, 0.2) is 0 Å². The monoisotopic (exact) mass is 270 g/mol. The zero-order valence-corrected chi connectivity index (χ0v) is 11.3. The van der Waals surface area contributed by atoms with Crippen LogP contribution in [0.2, 0.25) is 0 Å². The number of aliphatic hydroxyl groups is 1. The summed E-state index contributed by atoms with van der Waals surface area (Å²) in [5.41, 5.74) is -0.831. The number of ether oxygens (including phenoxy) is 1. The van der Waals surface area contributed by atoms with Crippen LogP contribution in [-0.4, -0.2) is 17.8 Å². The molecule has 0 spiro atoms. The first-order valence-corrected chi connectivity index (χ1v) is 6.66. The van der Waals surface area contributed by atoms with E-state index in [1.165, 1.54) is 7.11 Å². The molecule has 19 heavy (non-hydrogen) atoms. The Balaban J connectivity index is 2.34. The molecular formula is C15H20F2O2. The van der Waals surface area contributed by atoms with Gasteiger partial charge in [0.2, 0.25) is 0 Å². The SMILES string of the molecule is COC1(C(O)c2cc(F)ccc2F)CCCC(C)C1. The summed E-state index contributed by atoms with van der Waals surface area (Å²) in [6.07, 6.45) is 2.16. The number of rotatable bonds is 3. The van der Waals surface area contributed by atoms with E-state index in [-0.39, 0.29) is 5.56 Å². The second-order valence-electron chi connectivity index (χ2n) is 5.54. The highest BCUT2D eigenvalue weighted by atomic mass is 19.1. The Labute approximate surface area is 112 Å². The molecule has 4 heteroatoms. The molecule has 1 aromatic carbocycles. The van der Waals surface area contributed by atoms with Gasteiger partial charge in [-0.15, -0.1) is 0 Å². The highest BCUT2D eigenvalue weighted by molar-refractivity contribution is 5.24. The standard InChI is InChI=1S/C15H20F2O2/c1-10-4-3-7-15(9-10,19-2)14(18)12-8-11(16)5-6-13(12)17/h5-6,8,10,14,18H,3-4,7,9H2,1-2H3. The lowest BCUT2D eigenvalue weighted by Gasteiger charge is -2.42. The van der Waals surface area contributed by atoms with E-state index in [0.717, 1.165) is 31.0 Å². The molecule has 2 rings (SSSR count). The predicted molar refractivity (Wildman–Crippen MR) is 68.7 cm³/mol. The van der Waals surface area contributed by atoms with Crippen molar-refractivity contribution in [2.24, 2.45) is 5.92 Å². The number of aliphatic hydroxyl groups excluding tert-OH is 1. The number of halogens is 2. The second kappa shape index (κ2) is 5.55. The van der Waals surface area contributed by atoms with Gasteiger partial charge in [-0.1, -0.05) is 19.8 Å². The Bertz CT molecular complexity index is 450. The van der Waals surface area contributed by atoms with Gasteiger partial charge in [-0.3, -0.25) is 0 Å². The van der Waals surface area contributed by atoms with Crippen molar-refractivity contribution in [3.63, 3.8) is 0 Å². The van der Waals surface area contributed by atoms with Gasteiger partial charge in [-0.2, -0.15) is 0 Å². The molecule has 0 heterocycles. The van der Waals surface area contributed by atoms with Crippen molar-refractivity contribution >= 4 is 0 Å². The molecule has 0 amide bonds. The van der Waals surface area contributed by atoms with E-state index >= 15 is 0 Å². The summed E-state index contributed by atoms with van der Waals surface area (Å²) in [6, 6.07) is 3.15. The molecule has 0 radical (unpaired) electrons. The average Bonchev–Trinajstić information content (AvgIpc) is 2.40. The topological polar surface area (TPSA) is 29.5 Å². The third kappa shape index (κ3) is 2.79. The normalized spacial score (nSPS) is 29.2. The minimum Gasteiger partial charge on any atom is -0.385 e. The molecular weight excluding hydrogens is 250 g/mol. The summed E-state index contributed by atoms with van der Waals surface area (Å²) in [5, 5.41) is 10.5. The number of hydrogen-bond donors (Lipinski definition) is 1. The molecule has 0 saturated heterocycles. The van der Waals surface area contributed by atoms with E-state index < -0.39 is 23.3 Å². The summed E-state index contributed by atoms with van der Waals surface area (Å²) in [5.74, 6) is -0.742. The molecule has 1 N–H and O–H groups in total. The highest BCUT2D eigenvalue weighted by Crippen LogP contribution is 2.43. The van der Waals surface area contributed by atoms with Crippen molar-refractivity contribution < 1.29 is 18.6 Å². The zero-order chi connectivity index (χ0) is 14.0. The summed E-state index contributed by atoms with van der Waals surface area (Å²) >= 11 is 0. The Morgan fingerprint density at radius 3 is 2.79 bits per heavy atom. The van der Waals surface area contributed by atoms with Gasteiger partial charge in [0.05, 0.1) is 5.60 Å². The number of methoxy groups -OCH3 is 1. The molecule has 1 aliphatic carbocycles.